The fraction of sp³-hybridized carbons (Fsp3) is 0.778. The number of hydrogen-bond donors (Lipinski definition) is 0. The van der Waals surface area contributed by atoms with Gasteiger partial charge in [0.2, 0.25) is 0 Å². The summed E-state index contributed by atoms with van der Waals surface area (Å²) in [4.78, 5) is 16.7. The van der Waals surface area contributed by atoms with Crippen molar-refractivity contribution in [2.45, 2.75) is 39.7 Å². The van der Waals surface area contributed by atoms with E-state index in [-0.39, 0.29) is 0 Å². The van der Waals surface area contributed by atoms with Crippen LogP contribution in [-0.4, -0.2) is 72.1 Å². The number of aryl methyl sites for hydroxylation is 2. The maximum Gasteiger partial charge on any atom is 0.150 e. The summed E-state index contributed by atoms with van der Waals surface area (Å²) in [7, 11) is 2.23. The zero-order chi connectivity index (χ0) is 16.4. The lowest BCUT2D eigenvalue weighted by atomic mass is 9.89. The predicted octanol–water partition coefficient (Wildman–Crippen LogP) is 1.95. The predicted molar refractivity (Wildman–Crippen MR) is 95.0 cm³/mol. The molecule has 0 spiro atoms. The molecule has 2 saturated heterocycles. The summed E-state index contributed by atoms with van der Waals surface area (Å²) in [6.45, 7) is 13.6. The molecule has 3 heterocycles. The molecule has 1 unspecified atom stereocenters. The first-order valence-electron chi connectivity index (χ1n) is 9.02. The molecule has 3 rings (SSSR count). The summed E-state index contributed by atoms with van der Waals surface area (Å²) in [5, 5.41) is 0. The first-order chi connectivity index (χ1) is 11.0. The van der Waals surface area contributed by atoms with E-state index in [0.29, 0.717) is 6.04 Å². The van der Waals surface area contributed by atoms with Gasteiger partial charge in [-0.1, -0.05) is 0 Å². The minimum atomic E-state index is 0.704. The molecule has 0 N–H and O–H groups in total. The Kier molecular flexibility index (Phi) is 5.17. The molecule has 0 saturated carbocycles. The first-order valence-corrected chi connectivity index (χ1v) is 9.02. The summed E-state index contributed by atoms with van der Waals surface area (Å²) in [6.07, 6.45) is 4.40. The minimum Gasteiger partial charge on any atom is -0.355 e. The third-order valence-corrected chi connectivity index (χ3v) is 5.69. The number of rotatable bonds is 3. The number of piperidine rings is 1. The van der Waals surface area contributed by atoms with Crippen LogP contribution < -0.4 is 4.90 Å². The van der Waals surface area contributed by atoms with Gasteiger partial charge in [0.25, 0.3) is 0 Å². The van der Waals surface area contributed by atoms with Gasteiger partial charge in [0.15, 0.2) is 0 Å². The van der Waals surface area contributed by atoms with Gasteiger partial charge in [-0.25, -0.2) is 4.98 Å². The quantitative estimate of drug-likeness (QED) is 0.851. The number of aromatic nitrogens is 2. The second kappa shape index (κ2) is 7.14. The van der Waals surface area contributed by atoms with Crippen molar-refractivity contribution in [3.63, 3.8) is 0 Å². The molecule has 1 aromatic rings. The van der Waals surface area contributed by atoms with Gasteiger partial charge in [-0.3, -0.25) is 9.88 Å². The first kappa shape index (κ1) is 16.7. The molecule has 0 amide bonds. The smallest absolute Gasteiger partial charge is 0.150 e. The monoisotopic (exact) mass is 317 g/mol. The topological polar surface area (TPSA) is 35.5 Å². The Morgan fingerprint density at radius 2 is 1.70 bits per heavy atom. The van der Waals surface area contributed by atoms with Crippen LogP contribution in [0.1, 0.15) is 31.2 Å². The lowest BCUT2D eigenvalue weighted by Gasteiger charge is -2.43. The highest BCUT2D eigenvalue weighted by molar-refractivity contribution is 5.43. The molecule has 0 aliphatic carbocycles. The molecule has 2 aliphatic rings. The zero-order valence-corrected chi connectivity index (χ0v) is 15.1. The summed E-state index contributed by atoms with van der Waals surface area (Å²) < 4.78 is 0. The Hall–Kier alpha value is -1.20. The van der Waals surface area contributed by atoms with Crippen molar-refractivity contribution in [3.05, 3.63) is 17.6 Å². The highest BCUT2D eigenvalue weighted by Gasteiger charge is 2.29. The highest BCUT2D eigenvalue weighted by Crippen LogP contribution is 2.28. The second-order valence-corrected chi connectivity index (χ2v) is 7.32. The van der Waals surface area contributed by atoms with E-state index in [9.17, 15) is 0 Å². The average Bonchev–Trinajstić information content (AvgIpc) is 2.57. The average molecular weight is 317 g/mol. The molecule has 2 aliphatic heterocycles. The fourth-order valence-corrected chi connectivity index (χ4v) is 3.95. The Labute approximate surface area is 140 Å². The van der Waals surface area contributed by atoms with Crippen molar-refractivity contribution in [2.24, 2.45) is 5.92 Å². The van der Waals surface area contributed by atoms with Crippen LogP contribution in [0.15, 0.2) is 6.20 Å². The summed E-state index contributed by atoms with van der Waals surface area (Å²) in [6, 6.07) is 0.704. The zero-order valence-electron chi connectivity index (χ0n) is 15.1. The van der Waals surface area contributed by atoms with Gasteiger partial charge >= 0.3 is 0 Å². The van der Waals surface area contributed by atoms with Crippen LogP contribution in [0.5, 0.6) is 0 Å². The van der Waals surface area contributed by atoms with E-state index in [1.807, 2.05) is 13.1 Å². The third kappa shape index (κ3) is 3.83. The van der Waals surface area contributed by atoms with Gasteiger partial charge in [-0.05, 0) is 46.6 Å². The molecular weight excluding hydrogens is 286 g/mol. The number of nitrogens with zero attached hydrogens (tertiary/aromatic N) is 5. The van der Waals surface area contributed by atoms with E-state index in [1.54, 1.807) is 0 Å². The molecule has 0 radical (unpaired) electrons. The highest BCUT2D eigenvalue weighted by atomic mass is 15.3. The van der Waals surface area contributed by atoms with Crippen molar-refractivity contribution < 1.29 is 0 Å². The largest absolute Gasteiger partial charge is 0.355 e. The van der Waals surface area contributed by atoms with Crippen molar-refractivity contribution in [2.75, 3.05) is 51.2 Å². The Balaban J connectivity index is 1.56. The van der Waals surface area contributed by atoms with Crippen LogP contribution in [-0.2, 0) is 0 Å². The van der Waals surface area contributed by atoms with Crippen LogP contribution in [0.4, 0.5) is 5.82 Å². The van der Waals surface area contributed by atoms with Crippen molar-refractivity contribution >= 4 is 5.82 Å². The molecule has 5 nitrogen and oxygen atoms in total. The maximum absolute atomic E-state index is 4.71. The number of likely N-dealkylation sites (N-methyl/N-ethyl adjacent to an activating group) is 1. The van der Waals surface area contributed by atoms with E-state index in [1.165, 1.54) is 39.0 Å². The van der Waals surface area contributed by atoms with Gasteiger partial charge in [0, 0.05) is 51.5 Å². The molecule has 1 atom stereocenters. The van der Waals surface area contributed by atoms with Gasteiger partial charge in [-0.2, -0.15) is 0 Å². The maximum atomic E-state index is 4.71. The van der Waals surface area contributed by atoms with Crippen LogP contribution in [0.3, 0.4) is 0 Å². The van der Waals surface area contributed by atoms with Crippen molar-refractivity contribution in [1.82, 2.24) is 19.8 Å². The van der Waals surface area contributed by atoms with Gasteiger partial charge in [0.1, 0.15) is 5.82 Å². The molecule has 2 fully saturated rings. The summed E-state index contributed by atoms with van der Waals surface area (Å²) >= 11 is 0. The van der Waals surface area contributed by atoms with E-state index in [2.05, 4.69) is 40.6 Å². The van der Waals surface area contributed by atoms with Crippen LogP contribution in [0.2, 0.25) is 0 Å². The van der Waals surface area contributed by atoms with E-state index in [0.717, 1.165) is 36.2 Å². The van der Waals surface area contributed by atoms with Gasteiger partial charge in [-0.15, -0.1) is 0 Å². The summed E-state index contributed by atoms with van der Waals surface area (Å²) in [5.74, 6) is 1.91. The Morgan fingerprint density at radius 3 is 2.35 bits per heavy atom. The molecule has 1 aromatic heterocycles. The number of anilines is 1. The molecule has 0 aromatic carbocycles. The number of hydrogen-bond acceptors (Lipinski definition) is 5. The Morgan fingerprint density at radius 1 is 1.04 bits per heavy atom. The van der Waals surface area contributed by atoms with Gasteiger partial charge in [0.05, 0.1) is 11.4 Å². The van der Waals surface area contributed by atoms with E-state index in [4.69, 9.17) is 4.98 Å². The van der Waals surface area contributed by atoms with Crippen LogP contribution in [0, 0.1) is 19.8 Å². The Bertz CT molecular complexity index is 516. The van der Waals surface area contributed by atoms with Crippen molar-refractivity contribution in [1.29, 1.82) is 0 Å². The lowest BCUT2D eigenvalue weighted by molar-refractivity contribution is 0.0813. The van der Waals surface area contributed by atoms with Crippen LogP contribution >= 0.6 is 0 Å². The number of piperazine rings is 1. The molecule has 5 heteroatoms. The fourth-order valence-electron chi connectivity index (χ4n) is 3.95. The molecular formula is C18H31N5. The lowest BCUT2D eigenvalue weighted by Crippen LogP contribution is -2.51. The summed E-state index contributed by atoms with van der Waals surface area (Å²) in [5.41, 5.74) is 2.07. The third-order valence-electron chi connectivity index (χ3n) is 5.69. The van der Waals surface area contributed by atoms with Gasteiger partial charge < -0.3 is 9.80 Å². The van der Waals surface area contributed by atoms with E-state index >= 15 is 0 Å². The van der Waals surface area contributed by atoms with Crippen molar-refractivity contribution in [3.8, 4) is 0 Å². The van der Waals surface area contributed by atoms with E-state index < -0.39 is 0 Å². The van der Waals surface area contributed by atoms with Crippen LogP contribution in [0.25, 0.3) is 0 Å². The molecule has 128 valence electrons. The molecule has 23 heavy (non-hydrogen) atoms. The second-order valence-electron chi connectivity index (χ2n) is 7.32. The normalized spacial score (nSPS) is 23.2. The standard InChI is InChI=1S/C18H31N5/c1-14-13-19-15(2)18(20-14)23-7-5-17(6-8-23)16(3)22-11-9-21(4)10-12-22/h13,16-17H,5-12H2,1-4H3. The molecule has 0 bridgehead atoms. The SMILES string of the molecule is Cc1cnc(C)c(N2CCC(C(C)N3CCN(C)CC3)CC2)n1. The minimum absolute atomic E-state index is 0.704.